The lowest BCUT2D eigenvalue weighted by Gasteiger charge is -2.18. The molecule has 0 saturated heterocycles. The van der Waals surface area contributed by atoms with Crippen LogP contribution in [0.2, 0.25) is 0 Å². The summed E-state index contributed by atoms with van der Waals surface area (Å²) in [5.74, 6) is -0.0906. The molecule has 0 bridgehead atoms. The predicted molar refractivity (Wildman–Crippen MR) is 92.9 cm³/mol. The number of thiophene rings is 1. The van der Waals surface area contributed by atoms with Gasteiger partial charge in [0.1, 0.15) is 9.46 Å². The van der Waals surface area contributed by atoms with Crippen LogP contribution in [0.1, 0.15) is 23.3 Å². The Morgan fingerprint density at radius 3 is 2.26 bits per heavy atom. The summed E-state index contributed by atoms with van der Waals surface area (Å²) in [7, 11) is -7.13. The molecule has 0 aliphatic carbocycles. The number of nitrogens with one attached hydrogen (secondary N) is 1. The van der Waals surface area contributed by atoms with Crippen molar-refractivity contribution in [1.29, 1.82) is 0 Å². The van der Waals surface area contributed by atoms with Crippen LogP contribution < -0.4 is 4.72 Å². The second-order valence-electron chi connectivity index (χ2n) is 5.13. The van der Waals surface area contributed by atoms with Crippen molar-refractivity contribution < 1.29 is 16.8 Å². The van der Waals surface area contributed by atoms with Crippen LogP contribution >= 0.6 is 11.3 Å². The zero-order valence-electron chi connectivity index (χ0n) is 12.9. The zero-order valence-corrected chi connectivity index (χ0v) is 15.3. The molecule has 1 aromatic carbocycles. The van der Waals surface area contributed by atoms with Crippen molar-refractivity contribution >= 4 is 31.2 Å². The van der Waals surface area contributed by atoms with E-state index in [0.29, 0.717) is 5.56 Å². The van der Waals surface area contributed by atoms with E-state index < -0.39 is 25.1 Å². The van der Waals surface area contributed by atoms with Crippen molar-refractivity contribution in [3.8, 4) is 0 Å². The van der Waals surface area contributed by atoms with Gasteiger partial charge in [-0.15, -0.1) is 11.3 Å². The Morgan fingerprint density at radius 2 is 1.74 bits per heavy atom. The van der Waals surface area contributed by atoms with Crippen molar-refractivity contribution in [2.45, 2.75) is 23.3 Å². The second kappa shape index (κ2) is 7.12. The van der Waals surface area contributed by atoms with Crippen molar-refractivity contribution in [2.75, 3.05) is 12.3 Å². The summed E-state index contributed by atoms with van der Waals surface area (Å²) < 4.78 is 51.7. The summed E-state index contributed by atoms with van der Waals surface area (Å²) >= 11 is 1.13. The largest absolute Gasteiger partial charge is 0.222 e. The summed E-state index contributed by atoms with van der Waals surface area (Å²) in [6.45, 7) is 3.24. The Balaban J connectivity index is 2.41. The normalized spacial score (nSPS) is 13.8. The number of sulfone groups is 1. The third-order valence-electron chi connectivity index (χ3n) is 3.47. The highest BCUT2D eigenvalue weighted by atomic mass is 32.2. The molecule has 0 unspecified atom stereocenters. The molecule has 126 valence electrons. The highest BCUT2D eigenvalue weighted by Crippen LogP contribution is 2.31. The van der Waals surface area contributed by atoms with Crippen LogP contribution in [0.4, 0.5) is 0 Å². The third kappa shape index (κ3) is 4.41. The van der Waals surface area contributed by atoms with E-state index in [1.165, 1.54) is 13.0 Å². The number of rotatable bonds is 7. The summed E-state index contributed by atoms with van der Waals surface area (Å²) in [5.41, 5.74) is 1.58. The zero-order chi connectivity index (χ0) is 17.1. The van der Waals surface area contributed by atoms with E-state index in [1.807, 2.05) is 19.1 Å². The molecule has 2 rings (SSSR count). The molecule has 1 aromatic heterocycles. The molecule has 23 heavy (non-hydrogen) atoms. The van der Waals surface area contributed by atoms with Crippen LogP contribution in [0.5, 0.6) is 0 Å². The van der Waals surface area contributed by atoms with Crippen molar-refractivity contribution in [2.24, 2.45) is 0 Å². The SMILES string of the molecule is CCS(=O)(=O)NC[C@@H](c1ccc(C)cc1)S(=O)(=O)c1cccs1. The van der Waals surface area contributed by atoms with Gasteiger partial charge in [0.2, 0.25) is 10.0 Å². The van der Waals surface area contributed by atoms with E-state index in [0.717, 1.165) is 16.9 Å². The van der Waals surface area contributed by atoms with E-state index in [1.54, 1.807) is 23.6 Å². The first-order valence-corrected chi connectivity index (χ1v) is 11.2. The van der Waals surface area contributed by atoms with Gasteiger partial charge in [0, 0.05) is 6.54 Å². The van der Waals surface area contributed by atoms with Crippen LogP contribution in [0.25, 0.3) is 0 Å². The van der Waals surface area contributed by atoms with Gasteiger partial charge in [0.05, 0.1) is 5.75 Å². The van der Waals surface area contributed by atoms with Crippen molar-refractivity contribution in [3.05, 3.63) is 52.9 Å². The first-order chi connectivity index (χ1) is 10.8. The monoisotopic (exact) mass is 373 g/mol. The smallest absolute Gasteiger partial charge is 0.211 e. The standard InChI is InChI=1S/C15H19NO4S3/c1-3-22(17,18)16-11-14(13-8-6-12(2)7-9-13)23(19,20)15-5-4-10-21-15/h4-10,14,16H,3,11H2,1-2H3/t14-/m0/s1. The summed E-state index contributed by atoms with van der Waals surface area (Å²) in [6.07, 6.45) is 0. The minimum Gasteiger partial charge on any atom is -0.222 e. The quantitative estimate of drug-likeness (QED) is 0.809. The maximum absolute atomic E-state index is 12.9. The van der Waals surface area contributed by atoms with Gasteiger partial charge < -0.3 is 0 Å². The maximum atomic E-state index is 12.9. The molecule has 0 aliphatic heterocycles. The lowest BCUT2D eigenvalue weighted by atomic mass is 10.1. The Morgan fingerprint density at radius 1 is 1.09 bits per heavy atom. The van der Waals surface area contributed by atoms with Gasteiger partial charge in [-0.25, -0.2) is 21.6 Å². The van der Waals surface area contributed by atoms with Crippen LogP contribution in [0.15, 0.2) is 46.0 Å². The molecule has 0 fully saturated rings. The molecule has 5 nitrogen and oxygen atoms in total. The Bertz CT molecular complexity index is 839. The number of sulfonamides is 1. The lowest BCUT2D eigenvalue weighted by molar-refractivity contribution is 0.570. The minimum absolute atomic E-state index is 0.0906. The molecule has 0 saturated carbocycles. The average molecular weight is 374 g/mol. The van der Waals surface area contributed by atoms with Gasteiger partial charge in [-0.2, -0.15) is 0 Å². The second-order valence-corrected chi connectivity index (χ2v) is 10.5. The predicted octanol–water partition coefficient (Wildman–Crippen LogP) is 2.51. The summed E-state index contributed by atoms with van der Waals surface area (Å²) in [5, 5.41) is 0.734. The van der Waals surface area contributed by atoms with Crippen LogP contribution in [0, 0.1) is 6.92 Å². The van der Waals surface area contributed by atoms with Crippen molar-refractivity contribution in [1.82, 2.24) is 4.72 Å². The molecular formula is C15H19NO4S3. The highest BCUT2D eigenvalue weighted by Gasteiger charge is 2.30. The Kier molecular flexibility index (Phi) is 5.61. The molecule has 0 aliphatic rings. The number of benzene rings is 1. The fourth-order valence-electron chi connectivity index (χ4n) is 2.06. The van der Waals surface area contributed by atoms with Gasteiger partial charge in [-0.1, -0.05) is 35.9 Å². The van der Waals surface area contributed by atoms with Crippen LogP contribution in [-0.2, 0) is 19.9 Å². The van der Waals surface area contributed by atoms with Gasteiger partial charge in [0.15, 0.2) is 9.84 Å². The Hall–Kier alpha value is -1.22. The first kappa shape index (κ1) is 18.1. The van der Waals surface area contributed by atoms with Crippen molar-refractivity contribution in [3.63, 3.8) is 0 Å². The molecule has 1 atom stereocenters. The van der Waals surface area contributed by atoms with Gasteiger partial charge in [-0.3, -0.25) is 0 Å². The van der Waals surface area contributed by atoms with E-state index in [4.69, 9.17) is 0 Å². The number of hydrogen-bond donors (Lipinski definition) is 1. The molecule has 1 N–H and O–H groups in total. The molecular weight excluding hydrogens is 354 g/mol. The molecule has 0 spiro atoms. The number of hydrogen-bond acceptors (Lipinski definition) is 5. The molecule has 1 heterocycles. The van der Waals surface area contributed by atoms with Gasteiger partial charge >= 0.3 is 0 Å². The summed E-state index contributed by atoms with van der Waals surface area (Å²) in [6, 6.07) is 10.3. The fraction of sp³-hybridized carbons (Fsp3) is 0.333. The Labute approximate surface area is 141 Å². The fourth-order valence-corrected chi connectivity index (χ4v) is 5.66. The first-order valence-electron chi connectivity index (χ1n) is 7.07. The average Bonchev–Trinajstić information content (AvgIpc) is 3.04. The molecule has 2 aromatic rings. The van der Waals surface area contributed by atoms with E-state index in [2.05, 4.69) is 4.72 Å². The van der Waals surface area contributed by atoms with E-state index in [9.17, 15) is 16.8 Å². The highest BCUT2D eigenvalue weighted by molar-refractivity contribution is 7.93. The molecule has 8 heteroatoms. The minimum atomic E-state index is -3.66. The topological polar surface area (TPSA) is 80.3 Å². The lowest BCUT2D eigenvalue weighted by Crippen LogP contribution is -2.32. The summed E-state index contributed by atoms with van der Waals surface area (Å²) in [4.78, 5) is 0. The van der Waals surface area contributed by atoms with Crippen LogP contribution in [0.3, 0.4) is 0 Å². The van der Waals surface area contributed by atoms with E-state index in [-0.39, 0.29) is 16.5 Å². The van der Waals surface area contributed by atoms with E-state index >= 15 is 0 Å². The molecule has 0 radical (unpaired) electrons. The van der Waals surface area contributed by atoms with Gasteiger partial charge in [-0.05, 0) is 30.9 Å². The van der Waals surface area contributed by atoms with Gasteiger partial charge in [0.25, 0.3) is 0 Å². The molecule has 0 amide bonds. The maximum Gasteiger partial charge on any atom is 0.211 e. The third-order valence-corrected chi connectivity index (χ3v) is 8.37. The number of aryl methyl sites for hydroxylation is 1. The van der Waals surface area contributed by atoms with Crippen LogP contribution in [-0.4, -0.2) is 29.1 Å².